The Hall–Kier alpha value is -0.890. The molecule has 8 heteroatoms. The van der Waals surface area contributed by atoms with E-state index < -0.39 is 12.0 Å². The number of esters is 2. The van der Waals surface area contributed by atoms with Gasteiger partial charge in [0.15, 0.2) is 0 Å². The number of hydrogen-bond donors (Lipinski definition) is 1. The molecule has 0 aliphatic carbocycles. The summed E-state index contributed by atoms with van der Waals surface area (Å²) in [6, 6.07) is -0.664. The number of rotatable bonds is 8. The highest BCUT2D eigenvalue weighted by molar-refractivity contribution is 8.76. The summed E-state index contributed by atoms with van der Waals surface area (Å²) in [6.45, 7) is 1.34. The highest BCUT2D eigenvalue weighted by atomic mass is 33.1. The van der Waals surface area contributed by atoms with Gasteiger partial charge < -0.3 is 14.8 Å². The molecule has 1 unspecified atom stereocenters. The van der Waals surface area contributed by atoms with Crippen molar-refractivity contribution in [3.8, 4) is 0 Å². The molecule has 0 fully saturated rings. The van der Waals surface area contributed by atoms with E-state index in [1.807, 2.05) is 0 Å². The molecule has 0 radical (unpaired) electrons. The van der Waals surface area contributed by atoms with E-state index in [9.17, 15) is 14.4 Å². The summed E-state index contributed by atoms with van der Waals surface area (Å²) >= 11 is 0. The number of hydrogen-bond acceptors (Lipinski definition) is 7. The maximum atomic E-state index is 11.3. The molecule has 0 aliphatic heterocycles. The van der Waals surface area contributed by atoms with Gasteiger partial charge in [0.1, 0.15) is 6.04 Å². The second-order valence-electron chi connectivity index (χ2n) is 3.21. The van der Waals surface area contributed by atoms with Crippen molar-refractivity contribution in [2.45, 2.75) is 19.4 Å². The summed E-state index contributed by atoms with van der Waals surface area (Å²) in [4.78, 5) is 33.1. The molecule has 0 bridgehead atoms. The lowest BCUT2D eigenvalue weighted by Crippen LogP contribution is -2.42. The Bertz CT molecular complexity index is 298. The number of nitrogens with one attached hydrogen (secondary N) is 1. The first-order valence-corrected chi connectivity index (χ1v) is 7.66. The van der Waals surface area contributed by atoms with Gasteiger partial charge in [-0.2, -0.15) is 0 Å². The first-order valence-electron chi connectivity index (χ1n) is 5.17. The monoisotopic (exact) mass is 295 g/mol. The van der Waals surface area contributed by atoms with Gasteiger partial charge in [0.2, 0.25) is 5.91 Å². The zero-order valence-corrected chi connectivity index (χ0v) is 12.2. The second-order valence-corrected chi connectivity index (χ2v) is 5.84. The van der Waals surface area contributed by atoms with Crippen LogP contribution in [0.4, 0.5) is 0 Å². The Morgan fingerprint density at radius 2 is 1.83 bits per heavy atom. The molecular weight excluding hydrogens is 278 g/mol. The van der Waals surface area contributed by atoms with Gasteiger partial charge in [0.05, 0.1) is 20.6 Å². The quantitative estimate of drug-likeness (QED) is 0.399. The van der Waals surface area contributed by atoms with Crippen molar-refractivity contribution in [1.82, 2.24) is 5.32 Å². The summed E-state index contributed by atoms with van der Waals surface area (Å²) in [5, 5.41) is 2.50. The highest BCUT2D eigenvalue weighted by Crippen LogP contribution is 2.23. The molecule has 0 rings (SSSR count). The zero-order valence-electron chi connectivity index (χ0n) is 10.6. The predicted molar refractivity (Wildman–Crippen MR) is 71.2 cm³/mol. The molecule has 0 heterocycles. The van der Waals surface area contributed by atoms with Gasteiger partial charge in [-0.1, -0.05) is 21.6 Å². The Morgan fingerprint density at radius 1 is 1.17 bits per heavy atom. The van der Waals surface area contributed by atoms with E-state index in [4.69, 9.17) is 0 Å². The Kier molecular flexibility index (Phi) is 9.57. The van der Waals surface area contributed by atoms with E-state index in [0.29, 0.717) is 17.9 Å². The lowest BCUT2D eigenvalue weighted by Gasteiger charge is -2.14. The van der Waals surface area contributed by atoms with Gasteiger partial charge >= 0.3 is 11.9 Å². The van der Waals surface area contributed by atoms with Gasteiger partial charge in [-0.05, 0) is 0 Å². The number of methoxy groups -OCH3 is 2. The second kappa shape index (κ2) is 10.1. The molecule has 0 aromatic carbocycles. The SMILES string of the molecule is COC(=O)CCSSCC(NC(C)=O)C(=O)OC. The van der Waals surface area contributed by atoms with Crippen molar-refractivity contribution in [3.05, 3.63) is 0 Å². The Balaban J connectivity index is 3.86. The smallest absolute Gasteiger partial charge is 0.329 e. The Labute approximate surface area is 114 Å². The van der Waals surface area contributed by atoms with E-state index in [0.717, 1.165) is 0 Å². The summed E-state index contributed by atoms with van der Waals surface area (Å²) in [5.41, 5.74) is 0. The van der Waals surface area contributed by atoms with Crippen LogP contribution >= 0.6 is 21.6 Å². The van der Waals surface area contributed by atoms with Crippen molar-refractivity contribution in [2.75, 3.05) is 25.7 Å². The third kappa shape index (κ3) is 8.24. The van der Waals surface area contributed by atoms with Crippen LogP contribution in [0.5, 0.6) is 0 Å². The fourth-order valence-electron chi connectivity index (χ4n) is 0.958. The van der Waals surface area contributed by atoms with Crippen LogP contribution in [-0.2, 0) is 23.9 Å². The fourth-order valence-corrected chi connectivity index (χ4v) is 3.08. The Morgan fingerprint density at radius 3 is 2.33 bits per heavy atom. The summed E-state index contributed by atoms with van der Waals surface area (Å²) < 4.78 is 9.07. The molecule has 1 atom stereocenters. The van der Waals surface area contributed by atoms with Gasteiger partial charge in [0.25, 0.3) is 0 Å². The molecule has 0 aliphatic rings. The van der Waals surface area contributed by atoms with E-state index in [2.05, 4.69) is 14.8 Å². The summed E-state index contributed by atoms with van der Waals surface area (Å²) in [6.07, 6.45) is 0.317. The van der Waals surface area contributed by atoms with Crippen LogP contribution < -0.4 is 5.32 Å². The molecule has 0 aromatic heterocycles. The van der Waals surface area contributed by atoms with Crippen molar-refractivity contribution >= 4 is 39.4 Å². The van der Waals surface area contributed by atoms with Crippen molar-refractivity contribution in [2.24, 2.45) is 0 Å². The van der Waals surface area contributed by atoms with Crippen LogP contribution in [0.2, 0.25) is 0 Å². The molecule has 1 N–H and O–H groups in total. The van der Waals surface area contributed by atoms with Crippen LogP contribution in [0, 0.1) is 0 Å². The molecule has 0 saturated carbocycles. The number of carbonyl (C=O) groups excluding carboxylic acids is 3. The number of ether oxygens (including phenoxy) is 2. The van der Waals surface area contributed by atoms with E-state index in [1.165, 1.54) is 42.7 Å². The molecular formula is C10H17NO5S2. The van der Waals surface area contributed by atoms with Crippen LogP contribution in [0.3, 0.4) is 0 Å². The maximum absolute atomic E-state index is 11.3. The van der Waals surface area contributed by atoms with Crippen molar-refractivity contribution in [3.63, 3.8) is 0 Å². The normalized spacial score (nSPS) is 11.5. The lowest BCUT2D eigenvalue weighted by molar-refractivity contribution is -0.144. The average molecular weight is 295 g/mol. The minimum Gasteiger partial charge on any atom is -0.469 e. The van der Waals surface area contributed by atoms with Gasteiger partial charge in [-0.15, -0.1) is 0 Å². The molecule has 0 spiro atoms. The number of carbonyl (C=O) groups is 3. The maximum Gasteiger partial charge on any atom is 0.329 e. The van der Waals surface area contributed by atoms with Crippen molar-refractivity contribution < 1.29 is 23.9 Å². The largest absolute Gasteiger partial charge is 0.469 e. The topological polar surface area (TPSA) is 81.7 Å². The van der Waals surface area contributed by atoms with Gasteiger partial charge in [-0.25, -0.2) is 4.79 Å². The van der Waals surface area contributed by atoms with Crippen LogP contribution in [0.1, 0.15) is 13.3 Å². The third-order valence-corrected chi connectivity index (χ3v) is 4.21. The first-order chi connectivity index (χ1) is 8.51. The summed E-state index contributed by atoms with van der Waals surface area (Å²) in [5.74, 6) is -0.0602. The lowest BCUT2D eigenvalue weighted by atomic mass is 10.3. The van der Waals surface area contributed by atoms with Crippen LogP contribution in [-0.4, -0.2) is 49.6 Å². The molecule has 18 heavy (non-hydrogen) atoms. The van der Waals surface area contributed by atoms with E-state index in [-0.39, 0.29) is 11.9 Å². The van der Waals surface area contributed by atoms with E-state index >= 15 is 0 Å². The van der Waals surface area contributed by atoms with Gasteiger partial charge in [0, 0.05) is 18.4 Å². The van der Waals surface area contributed by atoms with Crippen LogP contribution in [0.25, 0.3) is 0 Å². The standard InChI is InChI=1S/C10H17NO5S2/c1-7(12)11-8(10(14)16-3)6-18-17-5-4-9(13)15-2/h8H,4-6H2,1-3H3,(H,11,12). The van der Waals surface area contributed by atoms with Crippen LogP contribution in [0.15, 0.2) is 0 Å². The molecule has 0 saturated heterocycles. The third-order valence-electron chi connectivity index (χ3n) is 1.80. The highest BCUT2D eigenvalue weighted by Gasteiger charge is 2.20. The van der Waals surface area contributed by atoms with Crippen molar-refractivity contribution in [1.29, 1.82) is 0 Å². The molecule has 0 aromatic rings. The minimum absolute atomic E-state index is 0.269. The molecule has 104 valence electrons. The average Bonchev–Trinajstić information content (AvgIpc) is 2.35. The zero-order chi connectivity index (χ0) is 14.0. The predicted octanol–water partition coefficient (Wildman–Crippen LogP) is 0.609. The summed E-state index contributed by atoms with van der Waals surface area (Å²) in [7, 11) is 5.44. The van der Waals surface area contributed by atoms with E-state index in [1.54, 1.807) is 0 Å². The number of amides is 1. The molecule has 1 amide bonds. The first kappa shape index (κ1) is 17.1. The van der Waals surface area contributed by atoms with Gasteiger partial charge in [-0.3, -0.25) is 9.59 Å². The molecule has 6 nitrogen and oxygen atoms in total. The fraction of sp³-hybridized carbons (Fsp3) is 0.700. The minimum atomic E-state index is -0.664.